The van der Waals surface area contributed by atoms with E-state index in [-0.39, 0.29) is 39.2 Å². The predicted molar refractivity (Wildman–Crippen MR) is 168 cm³/mol. The van der Waals surface area contributed by atoms with Gasteiger partial charge >= 0.3 is 0 Å². The van der Waals surface area contributed by atoms with Gasteiger partial charge in [0.05, 0.1) is 0 Å². The Morgan fingerprint density at radius 2 is 0.659 bits per heavy atom. The minimum absolute atomic E-state index is 0.108. The Balaban J connectivity index is 1.77. The zero-order chi connectivity index (χ0) is 30.7. The molecule has 0 aliphatic carbocycles. The summed E-state index contributed by atoms with van der Waals surface area (Å²) in [6.07, 6.45) is 0. The van der Waals surface area contributed by atoms with Crippen molar-refractivity contribution in [1.82, 2.24) is 0 Å². The molecule has 0 aliphatic rings. The second-order valence-corrected chi connectivity index (χ2v) is 13.3. The van der Waals surface area contributed by atoms with Gasteiger partial charge in [0, 0.05) is 16.2 Å². The van der Waals surface area contributed by atoms with Crippen molar-refractivity contribution in [3.63, 3.8) is 0 Å². The summed E-state index contributed by atoms with van der Waals surface area (Å²) >= 11 is 0. The van der Waals surface area contributed by atoms with Crippen LogP contribution in [-0.4, -0.2) is 20.4 Å². The molecule has 4 heteroatoms. The Labute approximate surface area is 245 Å². The van der Waals surface area contributed by atoms with Crippen LogP contribution in [0.4, 0.5) is 0 Å². The van der Waals surface area contributed by atoms with Gasteiger partial charge in [-0.05, 0) is 108 Å². The standard InChI is InChI=1S/C37H44O4/c1-21-15-27(16-22(2)33(21)36(7,8)25-11-13-29(38)31(40)19-25)35(5,6)28-17-23(3)34(24(4)18-28)37(9,10)26-12-14-30(39)32(41)20-26/h11-20,38-41H,1-10H3. The van der Waals surface area contributed by atoms with Crippen molar-refractivity contribution in [3.8, 4) is 23.0 Å². The third-order valence-electron chi connectivity index (χ3n) is 9.15. The molecule has 4 rings (SSSR count). The first-order valence-corrected chi connectivity index (χ1v) is 14.2. The van der Waals surface area contributed by atoms with Crippen LogP contribution in [0.5, 0.6) is 23.0 Å². The molecule has 0 aromatic heterocycles. The molecule has 0 unspecified atom stereocenters. The fraction of sp³-hybridized carbons (Fsp3) is 0.351. The van der Waals surface area contributed by atoms with Crippen molar-refractivity contribution in [2.45, 2.75) is 85.5 Å². The van der Waals surface area contributed by atoms with Crippen LogP contribution in [0.3, 0.4) is 0 Å². The van der Waals surface area contributed by atoms with E-state index in [1.807, 2.05) is 12.1 Å². The maximum absolute atomic E-state index is 10.2. The molecule has 41 heavy (non-hydrogen) atoms. The number of phenolic OH excluding ortho intramolecular Hbond substituents is 4. The molecule has 216 valence electrons. The first-order chi connectivity index (χ1) is 18.9. The zero-order valence-corrected chi connectivity index (χ0v) is 26.1. The average molecular weight is 553 g/mol. The van der Waals surface area contributed by atoms with Gasteiger partial charge in [0.2, 0.25) is 0 Å². The third-order valence-corrected chi connectivity index (χ3v) is 9.15. The van der Waals surface area contributed by atoms with Gasteiger partial charge in [-0.15, -0.1) is 0 Å². The Hall–Kier alpha value is -3.92. The lowest BCUT2D eigenvalue weighted by atomic mass is 9.69. The molecule has 4 aromatic carbocycles. The number of aryl methyl sites for hydroxylation is 4. The number of benzene rings is 4. The van der Waals surface area contributed by atoms with Gasteiger partial charge in [-0.25, -0.2) is 0 Å². The quantitative estimate of drug-likeness (QED) is 0.180. The summed E-state index contributed by atoms with van der Waals surface area (Å²) in [5, 5.41) is 40.0. The molecule has 0 heterocycles. The van der Waals surface area contributed by atoms with Gasteiger partial charge in [-0.1, -0.05) is 77.9 Å². The van der Waals surface area contributed by atoms with Crippen LogP contribution in [0.25, 0.3) is 0 Å². The second-order valence-electron chi connectivity index (χ2n) is 13.3. The highest BCUT2D eigenvalue weighted by atomic mass is 16.3. The molecule has 0 bridgehead atoms. The lowest BCUT2D eigenvalue weighted by Gasteiger charge is -2.35. The van der Waals surface area contributed by atoms with Crippen molar-refractivity contribution < 1.29 is 20.4 Å². The fourth-order valence-electron chi connectivity index (χ4n) is 6.90. The van der Waals surface area contributed by atoms with Gasteiger partial charge in [0.25, 0.3) is 0 Å². The van der Waals surface area contributed by atoms with Crippen LogP contribution in [0, 0.1) is 27.7 Å². The molecule has 0 spiro atoms. The molecule has 0 aliphatic heterocycles. The summed E-state index contributed by atoms with van der Waals surface area (Å²) < 4.78 is 0. The highest BCUT2D eigenvalue weighted by Gasteiger charge is 2.33. The SMILES string of the molecule is Cc1cc(C(C)(C)c2cc(C)c(C(C)(C)c3ccc(O)c(O)c3)c(C)c2)cc(C)c1C(C)(C)c1ccc(O)c(O)c1. The van der Waals surface area contributed by atoms with E-state index in [9.17, 15) is 20.4 Å². The maximum Gasteiger partial charge on any atom is 0.157 e. The number of phenols is 4. The normalized spacial score (nSPS) is 12.5. The van der Waals surface area contributed by atoms with E-state index in [1.54, 1.807) is 24.3 Å². The summed E-state index contributed by atoms with van der Waals surface area (Å²) in [5.74, 6) is -0.445. The lowest BCUT2D eigenvalue weighted by molar-refractivity contribution is 0.402. The van der Waals surface area contributed by atoms with Crippen molar-refractivity contribution in [2.75, 3.05) is 0 Å². The fourth-order valence-corrected chi connectivity index (χ4v) is 6.90. The molecule has 0 atom stereocenters. The summed E-state index contributed by atoms with van der Waals surface area (Å²) in [6, 6.07) is 19.3. The smallest absolute Gasteiger partial charge is 0.157 e. The summed E-state index contributed by atoms with van der Waals surface area (Å²) in [6.45, 7) is 21.7. The number of rotatable bonds is 6. The molecule has 4 N–H and O–H groups in total. The van der Waals surface area contributed by atoms with Crippen LogP contribution in [0.2, 0.25) is 0 Å². The zero-order valence-electron chi connectivity index (χ0n) is 26.1. The molecule has 4 nitrogen and oxygen atoms in total. The first-order valence-electron chi connectivity index (χ1n) is 14.2. The highest BCUT2D eigenvalue weighted by Crippen LogP contribution is 2.44. The highest BCUT2D eigenvalue weighted by molar-refractivity contribution is 5.56. The maximum atomic E-state index is 10.2. The van der Waals surface area contributed by atoms with Crippen LogP contribution < -0.4 is 0 Å². The topological polar surface area (TPSA) is 80.9 Å². The molecular formula is C37H44O4. The first kappa shape index (κ1) is 30.0. The van der Waals surface area contributed by atoms with Gasteiger partial charge in [-0.3, -0.25) is 0 Å². The minimum Gasteiger partial charge on any atom is -0.504 e. The van der Waals surface area contributed by atoms with E-state index < -0.39 is 0 Å². The largest absolute Gasteiger partial charge is 0.504 e. The van der Waals surface area contributed by atoms with Crippen molar-refractivity contribution in [1.29, 1.82) is 0 Å². The average Bonchev–Trinajstić information content (AvgIpc) is 2.85. The molecule has 0 saturated carbocycles. The minimum atomic E-state index is -0.370. The lowest BCUT2D eigenvalue weighted by Crippen LogP contribution is -2.26. The van der Waals surface area contributed by atoms with E-state index in [2.05, 4.69) is 93.5 Å². The third kappa shape index (κ3) is 5.16. The molecular weight excluding hydrogens is 508 g/mol. The predicted octanol–water partition coefficient (Wildman–Crippen LogP) is 8.72. The monoisotopic (exact) mass is 552 g/mol. The van der Waals surface area contributed by atoms with E-state index in [4.69, 9.17) is 0 Å². The summed E-state index contributed by atoms with van der Waals surface area (Å²) in [4.78, 5) is 0. The number of hydrogen-bond donors (Lipinski definition) is 4. The second kappa shape index (κ2) is 10.2. The number of aromatic hydroxyl groups is 4. The van der Waals surface area contributed by atoms with Gasteiger partial charge in [0.15, 0.2) is 23.0 Å². The van der Waals surface area contributed by atoms with E-state index in [1.165, 1.54) is 44.5 Å². The van der Waals surface area contributed by atoms with Crippen LogP contribution in [-0.2, 0) is 16.2 Å². The van der Waals surface area contributed by atoms with Gasteiger partial charge in [0.1, 0.15) is 0 Å². The molecule has 4 aromatic rings. The van der Waals surface area contributed by atoms with E-state index in [0.717, 1.165) is 11.1 Å². The molecule has 0 fully saturated rings. The van der Waals surface area contributed by atoms with Crippen LogP contribution >= 0.6 is 0 Å². The Kier molecular flexibility index (Phi) is 7.45. The van der Waals surface area contributed by atoms with Crippen molar-refractivity contribution in [2.24, 2.45) is 0 Å². The summed E-state index contributed by atoms with van der Waals surface area (Å²) in [7, 11) is 0. The Morgan fingerprint density at radius 1 is 0.366 bits per heavy atom. The van der Waals surface area contributed by atoms with Gasteiger partial charge in [-0.2, -0.15) is 0 Å². The van der Waals surface area contributed by atoms with Crippen LogP contribution in [0.15, 0.2) is 60.7 Å². The van der Waals surface area contributed by atoms with E-state index in [0.29, 0.717) is 0 Å². The Bertz CT molecular complexity index is 1470. The molecule has 0 saturated heterocycles. The van der Waals surface area contributed by atoms with E-state index >= 15 is 0 Å². The van der Waals surface area contributed by atoms with Crippen molar-refractivity contribution >= 4 is 0 Å². The molecule has 0 amide bonds. The van der Waals surface area contributed by atoms with Gasteiger partial charge < -0.3 is 20.4 Å². The van der Waals surface area contributed by atoms with Crippen molar-refractivity contribution in [3.05, 3.63) is 116 Å². The summed E-state index contributed by atoms with van der Waals surface area (Å²) in [5.41, 5.74) is 10.5. The Morgan fingerprint density at radius 3 is 0.927 bits per heavy atom. The number of hydrogen-bond acceptors (Lipinski definition) is 4. The van der Waals surface area contributed by atoms with Crippen LogP contribution in [0.1, 0.15) is 97.2 Å². The molecule has 0 radical (unpaired) electrons.